The summed E-state index contributed by atoms with van der Waals surface area (Å²) >= 11 is 0. The maximum atomic E-state index is 10.5. The smallest absolute Gasteiger partial charge is 0.293 e. The minimum Gasteiger partial charge on any atom is -0.293 e. The van der Waals surface area contributed by atoms with E-state index in [-0.39, 0.29) is 11.5 Å². The zero-order valence-electron chi connectivity index (χ0n) is 5.29. The number of aromatic nitrogens is 3. The molecule has 5 heteroatoms. The Morgan fingerprint density at radius 2 is 2.40 bits per heavy atom. The van der Waals surface area contributed by atoms with Crippen molar-refractivity contribution in [2.45, 2.75) is 6.92 Å². The third kappa shape index (κ3) is 1.25. The van der Waals surface area contributed by atoms with Gasteiger partial charge in [0.2, 0.25) is 0 Å². The number of nitrogens with one attached hydrogen (secondary N) is 1. The number of H-pyrrole nitrogens is 1. The first-order chi connectivity index (χ1) is 4.70. The number of hydrogen-bond donors (Lipinski definition) is 1. The summed E-state index contributed by atoms with van der Waals surface area (Å²) in [5.41, 5.74) is -0.385. The number of hydrogen-bond acceptors (Lipinski definition) is 4. The van der Waals surface area contributed by atoms with E-state index < -0.39 is 5.69 Å². The second-order valence-corrected chi connectivity index (χ2v) is 1.73. The van der Waals surface area contributed by atoms with Gasteiger partial charge in [0.05, 0.1) is 6.20 Å². The molecular formula is C5H5N3O2. The number of nitrogens with zero attached hydrogens (tertiary/aromatic N) is 2. The van der Waals surface area contributed by atoms with Crippen LogP contribution in [-0.4, -0.2) is 21.0 Å². The predicted molar refractivity (Wildman–Crippen MR) is 32.7 cm³/mol. The Morgan fingerprint density at radius 1 is 1.70 bits per heavy atom. The molecule has 0 radical (unpaired) electrons. The van der Waals surface area contributed by atoms with Crippen LogP contribution in [0.2, 0.25) is 0 Å². The molecule has 0 saturated carbocycles. The highest BCUT2D eigenvalue weighted by molar-refractivity contribution is 5.91. The highest BCUT2D eigenvalue weighted by atomic mass is 16.1. The summed E-state index contributed by atoms with van der Waals surface area (Å²) in [6, 6.07) is 0. The van der Waals surface area contributed by atoms with Crippen molar-refractivity contribution < 1.29 is 4.79 Å². The van der Waals surface area contributed by atoms with Gasteiger partial charge in [-0.3, -0.25) is 4.79 Å². The summed E-state index contributed by atoms with van der Waals surface area (Å²) < 4.78 is 0. The van der Waals surface area contributed by atoms with Crippen molar-refractivity contribution in [1.29, 1.82) is 0 Å². The van der Waals surface area contributed by atoms with Crippen LogP contribution in [0.1, 0.15) is 17.4 Å². The minimum absolute atomic E-state index is 0.166. The van der Waals surface area contributed by atoms with Gasteiger partial charge in [0.25, 0.3) is 0 Å². The number of Topliss-reactive ketones (excluding diaryl/α,β-unsaturated/α-hetero) is 1. The second-order valence-electron chi connectivity index (χ2n) is 1.73. The van der Waals surface area contributed by atoms with Crippen LogP contribution in [0.3, 0.4) is 0 Å². The molecule has 5 nitrogen and oxygen atoms in total. The molecule has 0 atom stereocenters. The molecule has 1 aromatic rings. The molecule has 1 aromatic heterocycles. The first-order valence-corrected chi connectivity index (χ1v) is 2.63. The van der Waals surface area contributed by atoms with E-state index in [4.69, 9.17) is 0 Å². The summed E-state index contributed by atoms with van der Waals surface area (Å²) in [5, 5.41) is 5.47. The van der Waals surface area contributed by atoms with Gasteiger partial charge in [0, 0.05) is 6.92 Å². The molecule has 0 aromatic carbocycles. The average Bonchev–Trinajstić information content (AvgIpc) is 1.88. The van der Waals surface area contributed by atoms with E-state index in [9.17, 15) is 9.59 Å². The summed E-state index contributed by atoms with van der Waals surface area (Å²) in [7, 11) is 0. The molecule has 52 valence electrons. The quantitative estimate of drug-likeness (QED) is 0.525. The van der Waals surface area contributed by atoms with E-state index in [0.717, 1.165) is 6.20 Å². The minimum atomic E-state index is -0.551. The standard InChI is InChI=1S/C5H5N3O2/c1-3(9)4-2-6-5(10)8-7-4/h2H,1H3,(H,6,8,10). The van der Waals surface area contributed by atoms with Crippen molar-refractivity contribution in [2.24, 2.45) is 0 Å². The van der Waals surface area contributed by atoms with Gasteiger partial charge in [-0.25, -0.2) is 9.89 Å². The van der Waals surface area contributed by atoms with Gasteiger partial charge in [-0.1, -0.05) is 0 Å². The molecule has 0 aliphatic carbocycles. The number of carbonyl (C=O) groups is 1. The normalized spacial score (nSPS) is 9.30. The molecule has 1 N–H and O–H groups in total. The molecule has 0 saturated heterocycles. The Bertz CT molecular complexity index is 284. The molecule has 0 unspecified atom stereocenters. The van der Waals surface area contributed by atoms with Crippen LogP contribution in [0.5, 0.6) is 0 Å². The highest BCUT2D eigenvalue weighted by Gasteiger charge is 1.98. The largest absolute Gasteiger partial charge is 0.361 e. The first-order valence-electron chi connectivity index (χ1n) is 2.63. The van der Waals surface area contributed by atoms with Gasteiger partial charge in [-0.05, 0) is 0 Å². The lowest BCUT2D eigenvalue weighted by atomic mass is 10.3. The molecule has 1 heterocycles. The fourth-order valence-corrected chi connectivity index (χ4v) is 0.455. The molecule has 0 bridgehead atoms. The second kappa shape index (κ2) is 2.38. The molecule has 0 spiro atoms. The highest BCUT2D eigenvalue weighted by Crippen LogP contribution is 1.85. The van der Waals surface area contributed by atoms with Crippen molar-refractivity contribution in [3.8, 4) is 0 Å². The summed E-state index contributed by atoms with van der Waals surface area (Å²) in [4.78, 5) is 24.1. The van der Waals surface area contributed by atoms with Crippen LogP contribution in [0, 0.1) is 0 Å². The Hall–Kier alpha value is -1.52. The van der Waals surface area contributed by atoms with E-state index in [1.54, 1.807) is 0 Å². The molecule has 10 heavy (non-hydrogen) atoms. The number of rotatable bonds is 1. The molecule has 0 fully saturated rings. The van der Waals surface area contributed by atoms with Crippen LogP contribution in [0.4, 0.5) is 0 Å². The molecular weight excluding hydrogens is 134 g/mol. The SMILES string of the molecule is CC(=O)c1cnc(=O)[nH]n1. The Kier molecular flexibility index (Phi) is 1.57. The van der Waals surface area contributed by atoms with Gasteiger partial charge in [-0.2, -0.15) is 10.1 Å². The molecule has 0 aliphatic rings. The number of carbonyl (C=O) groups excluding carboxylic acids is 1. The van der Waals surface area contributed by atoms with Crippen LogP contribution in [-0.2, 0) is 0 Å². The monoisotopic (exact) mass is 139 g/mol. The van der Waals surface area contributed by atoms with Crippen molar-refractivity contribution in [3.63, 3.8) is 0 Å². The number of aromatic amines is 1. The van der Waals surface area contributed by atoms with Crippen LogP contribution >= 0.6 is 0 Å². The van der Waals surface area contributed by atoms with Gasteiger partial charge < -0.3 is 0 Å². The maximum absolute atomic E-state index is 10.5. The van der Waals surface area contributed by atoms with Crippen LogP contribution < -0.4 is 5.69 Å². The zero-order valence-corrected chi connectivity index (χ0v) is 5.29. The lowest BCUT2D eigenvalue weighted by Gasteiger charge is -1.87. The zero-order chi connectivity index (χ0) is 7.56. The molecule has 0 aliphatic heterocycles. The lowest BCUT2D eigenvalue weighted by molar-refractivity contribution is 0.101. The van der Waals surface area contributed by atoms with E-state index in [1.165, 1.54) is 6.92 Å². The summed E-state index contributed by atoms with van der Waals surface area (Å²) in [6.07, 6.45) is 1.14. The van der Waals surface area contributed by atoms with Crippen LogP contribution in [0.15, 0.2) is 11.0 Å². The van der Waals surface area contributed by atoms with E-state index in [0.29, 0.717) is 0 Å². The maximum Gasteiger partial charge on any atom is 0.361 e. The van der Waals surface area contributed by atoms with E-state index >= 15 is 0 Å². The topological polar surface area (TPSA) is 75.7 Å². The van der Waals surface area contributed by atoms with Gasteiger partial charge in [-0.15, -0.1) is 0 Å². The van der Waals surface area contributed by atoms with Crippen molar-refractivity contribution in [3.05, 3.63) is 22.4 Å². The molecule has 0 amide bonds. The lowest BCUT2D eigenvalue weighted by Crippen LogP contribution is -2.14. The van der Waals surface area contributed by atoms with E-state index in [1.807, 2.05) is 5.10 Å². The Labute approximate surface area is 56.1 Å². The average molecular weight is 139 g/mol. The van der Waals surface area contributed by atoms with E-state index in [2.05, 4.69) is 10.1 Å². The van der Waals surface area contributed by atoms with Crippen LogP contribution in [0.25, 0.3) is 0 Å². The van der Waals surface area contributed by atoms with Gasteiger partial charge >= 0.3 is 5.69 Å². The third-order valence-electron chi connectivity index (χ3n) is 0.937. The Morgan fingerprint density at radius 3 is 2.80 bits per heavy atom. The molecule has 1 rings (SSSR count). The van der Waals surface area contributed by atoms with Gasteiger partial charge in [0.1, 0.15) is 5.69 Å². The fraction of sp³-hybridized carbons (Fsp3) is 0.200. The summed E-state index contributed by atoms with van der Waals surface area (Å²) in [5.74, 6) is -0.219. The third-order valence-corrected chi connectivity index (χ3v) is 0.937. The van der Waals surface area contributed by atoms with Gasteiger partial charge in [0.15, 0.2) is 5.78 Å². The summed E-state index contributed by atoms with van der Waals surface area (Å²) in [6.45, 7) is 1.35. The van der Waals surface area contributed by atoms with Crippen molar-refractivity contribution in [1.82, 2.24) is 15.2 Å². The van der Waals surface area contributed by atoms with Crippen molar-refractivity contribution in [2.75, 3.05) is 0 Å². The number of ketones is 1. The Balaban J connectivity index is 3.12. The first kappa shape index (κ1) is 6.60. The van der Waals surface area contributed by atoms with Crippen molar-refractivity contribution >= 4 is 5.78 Å². The fourth-order valence-electron chi connectivity index (χ4n) is 0.455. The predicted octanol–water partition coefficient (Wildman–Crippen LogP) is -0.633.